The van der Waals surface area contributed by atoms with Gasteiger partial charge in [0.15, 0.2) is 0 Å². The van der Waals surface area contributed by atoms with Crippen LogP contribution >= 0.6 is 0 Å². The summed E-state index contributed by atoms with van der Waals surface area (Å²) in [6.07, 6.45) is -2.52. The van der Waals surface area contributed by atoms with Gasteiger partial charge in [0.05, 0.1) is 0 Å². The Hall–Kier alpha value is -1.32. The molecule has 1 aromatic rings. The molecular weight excluding hydrogens is 198 g/mol. The highest BCUT2D eigenvalue weighted by Gasteiger charge is 2.17. The number of benzene rings is 1. The van der Waals surface area contributed by atoms with Gasteiger partial charge in [0.2, 0.25) is 0 Å². The molecule has 2 nitrogen and oxygen atoms in total. The van der Waals surface area contributed by atoms with Gasteiger partial charge in [-0.2, -0.15) is 0 Å². The van der Waals surface area contributed by atoms with Crippen LogP contribution in [0.15, 0.2) is 18.2 Å². The standard InChI is InChI=1S/C11H16F2N2/c1-11(2,3)15-9-5-4-7(14)6-8(9)10(12)13/h4-6,10,15H,14H2,1-3H3. The fourth-order valence-corrected chi connectivity index (χ4v) is 1.28. The highest BCUT2D eigenvalue weighted by molar-refractivity contribution is 5.59. The van der Waals surface area contributed by atoms with E-state index in [1.165, 1.54) is 6.07 Å². The van der Waals surface area contributed by atoms with Crippen molar-refractivity contribution in [3.8, 4) is 0 Å². The second-order valence-electron chi connectivity index (χ2n) is 4.52. The summed E-state index contributed by atoms with van der Waals surface area (Å²) >= 11 is 0. The lowest BCUT2D eigenvalue weighted by molar-refractivity contribution is 0.152. The number of halogens is 2. The Morgan fingerprint density at radius 2 is 1.87 bits per heavy atom. The summed E-state index contributed by atoms with van der Waals surface area (Å²) in [5.74, 6) is 0. The van der Waals surface area contributed by atoms with Crippen molar-refractivity contribution in [1.29, 1.82) is 0 Å². The lowest BCUT2D eigenvalue weighted by Gasteiger charge is -2.24. The number of nitrogens with one attached hydrogen (secondary N) is 1. The van der Waals surface area contributed by atoms with Crippen molar-refractivity contribution in [1.82, 2.24) is 0 Å². The van der Waals surface area contributed by atoms with Crippen molar-refractivity contribution >= 4 is 11.4 Å². The number of nitrogen functional groups attached to an aromatic ring is 1. The minimum absolute atomic E-state index is 0.0510. The van der Waals surface area contributed by atoms with Gasteiger partial charge in [-0.25, -0.2) is 8.78 Å². The molecule has 3 N–H and O–H groups in total. The molecule has 15 heavy (non-hydrogen) atoms. The largest absolute Gasteiger partial charge is 0.399 e. The van der Waals surface area contributed by atoms with E-state index < -0.39 is 6.43 Å². The van der Waals surface area contributed by atoms with E-state index in [0.29, 0.717) is 11.4 Å². The number of nitrogens with two attached hydrogens (primary N) is 1. The van der Waals surface area contributed by atoms with Crippen LogP contribution in [0.4, 0.5) is 20.2 Å². The molecule has 4 heteroatoms. The molecule has 0 aromatic heterocycles. The summed E-state index contributed by atoms with van der Waals surface area (Å²) in [5.41, 5.74) is 5.96. The molecule has 0 saturated carbocycles. The fraction of sp³-hybridized carbons (Fsp3) is 0.455. The van der Waals surface area contributed by atoms with E-state index in [9.17, 15) is 8.78 Å². The van der Waals surface area contributed by atoms with E-state index in [1.54, 1.807) is 12.1 Å². The molecule has 1 aromatic carbocycles. The van der Waals surface area contributed by atoms with Crippen LogP contribution in [0.2, 0.25) is 0 Å². The third-order valence-corrected chi connectivity index (χ3v) is 1.82. The van der Waals surface area contributed by atoms with Crippen LogP contribution in [-0.2, 0) is 0 Å². The molecule has 84 valence electrons. The molecule has 0 amide bonds. The maximum absolute atomic E-state index is 12.7. The number of anilines is 2. The second-order valence-corrected chi connectivity index (χ2v) is 4.52. The normalized spacial score (nSPS) is 11.9. The molecule has 0 saturated heterocycles. The van der Waals surface area contributed by atoms with Gasteiger partial charge >= 0.3 is 0 Å². The zero-order valence-electron chi connectivity index (χ0n) is 9.14. The highest BCUT2D eigenvalue weighted by atomic mass is 19.3. The SMILES string of the molecule is CC(C)(C)Nc1ccc(N)cc1C(F)F. The summed E-state index contributed by atoms with van der Waals surface area (Å²) < 4.78 is 25.4. The average molecular weight is 214 g/mol. The van der Waals surface area contributed by atoms with Gasteiger partial charge in [-0.05, 0) is 39.0 Å². The van der Waals surface area contributed by atoms with Crippen LogP contribution < -0.4 is 11.1 Å². The number of rotatable bonds is 2. The zero-order valence-corrected chi connectivity index (χ0v) is 9.14. The maximum Gasteiger partial charge on any atom is 0.265 e. The quantitative estimate of drug-likeness (QED) is 0.740. The van der Waals surface area contributed by atoms with Gasteiger partial charge in [-0.1, -0.05) is 0 Å². The average Bonchev–Trinajstić information content (AvgIpc) is 2.05. The summed E-state index contributed by atoms with van der Waals surface area (Å²) in [6, 6.07) is 4.50. The first-order valence-corrected chi connectivity index (χ1v) is 4.75. The van der Waals surface area contributed by atoms with E-state index >= 15 is 0 Å². The van der Waals surface area contributed by atoms with E-state index in [-0.39, 0.29) is 11.1 Å². The number of alkyl halides is 2. The van der Waals surface area contributed by atoms with Crippen LogP contribution in [0.5, 0.6) is 0 Å². The summed E-state index contributed by atoms with van der Waals surface area (Å²) in [7, 11) is 0. The van der Waals surface area contributed by atoms with Gasteiger partial charge < -0.3 is 11.1 Å². The first kappa shape index (κ1) is 11.8. The molecule has 0 fully saturated rings. The zero-order chi connectivity index (χ0) is 11.6. The second kappa shape index (κ2) is 4.04. The Kier molecular flexibility index (Phi) is 3.17. The predicted octanol–water partition coefficient (Wildman–Crippen LogP) is 3.42. The monoisotopic (exact) mass is 214 g/mol. The Morgan fingerprint density at radius 1 is 1.27 bits per heavy atom. The maximum atomic E-state index is 12.7. The molecule has 0 aliphatic heterocycles. The summed E-state index contributed by atoms with van der Waals surface area (Å²) in [6.45, 7) is 5.75. The Bertz CT molecular complexity index is 343. The van der Waals surface area contributed by atoms with Gasteiger partial charge in [0.1, 0.15) is 0 Å². The van der Waals surface area contributed by atoms with Gasteiger partial charge in [0, 0.05) is 22.5 Å². The molecule has 0 aliphatic rings. The van der Waals surface area contributed by atoms with Gasteiger partial charge in [-0.15, -0.1) is 0 Å². The molecule has 0 heterocycles. The third kappa shape index (κ3) is 3.38. The van der Waals surface area contributed by atoms with Gasteiger partial charge in [0.25, 0.3) is 6.43 Å². The lowest BCUT2D eigenvalue weighted by atomic mass is 10.1. The van der Waals surface area contributed by atoms with Crippen molar-refractivity contribution < 1.29 is 8.78 Å². The molecule has 0 radical (unpaired) electrons. The fourth-order valence-electron chi connectivity index (χ4n) is 1.28. The van der Waals surface area contributed by atoms with Crippen molar-refractivity contribution in [2.75, 3.05) is 11.1 Å². The van der Waals surface area contributed by atoms with Crippen molar-refractivity contribution in [3.05, 3.63) is 23.8 Å². The van der Waals surface area contributed by atoms with Crippen LogP contribution in [0.25, 0.3) is 0 Å². The van der Waals surface area contributed by atoms with Gasteiger partial charge in [-0.3, -0.25) is 0 Å². The van der Waals surface area contributed by atoms with Crippen LogP contribution in [0.1, 0.15) is 32.8 Å². The minimum atomic E-state index is -2.52. The summed E-state index contributed by atoms with van der Waals surface area (Å²) in [4.78, 5) is 0. The van der Waals surface area contributed by atoms with Crippen LogP contribution in [0.3, 0.4) is 0 Å². The van der Waals surface area contributed by atoms with Crippen molar-refractivity contribution in [3.63, 3.8) is 0 Å². The first-order chi connectivity index (χ1) is 6.79. The molecule has 0 atom stereocenters. The molecule has 1 rings (SSSR count). The van der Waals surface area contributed by atoms with Crippen LogP contribution in [-0.4, -0.2) is 5.54 Å². The molecule has 0 unspecified atom stereocenters. The van der Waals surface area contributed by atoms with E-state index in [0.717, 1.165) is 0 Å². The highest BCUT2D eigenvalue weighted by Crippen LogP contribution is 2.30. The molecule has 0 spiro atoms. The minimum Gasteiger partial charge on any atom is -0.399 e. The Morgan fingerprint density at radius 3 is 2.33 bits per heavy atom. The first-order valence-electron chi connectivity index (χ1n) is 4.75. The molecule has 0 bridgehead atoms. The van der Waals surface area contributed by atoms with E-state index in [4.69, 9.17) is 5.73 Å². The van der Waals surface area contributed by atoms with E-state index in [1.807, 2.05) is 20.8 Å². The predicted molar refractivity (Wildman–Crippen MR) is 59.2 cm³/mol. The third-order valence-electron chi connectivity index (χ3n) is 1.82. The number of hydrogen-bond donors (Lipinski definition) is 2. The summed E-state index contributed by atoms with van der Waals surface area (Å²) in [5, 5.41) is 3.02. The topological polar surface area (TPSA) is 38.0 Å². The van der Waals surface area contributed by atoms with E-state index in [2.05, 4.69) is 5.32 Å². The Balaban J connectivity index is 3.06. The van der Waals surface area contributed by atoms with Crippen molar-refractivity contribution in [2.45, 2.75) is 32.7 Å². The molecule has 0 aliphatic carbocycles. The van der Waals surface area contributed by atoms with Crippen LogP contribution in [0, 0.1) is 0 Å². The molecular formula is C11H16F2N2. The number of hydrogen-bond acceptors (Lipinski definition) is 2. The lowest BCUT2D eigenvalue weighted by Crippen LogP contribution is -2.26. The van der Waals surface area contributed by atoms with Crippen molar-refractivity contribution in [2.24, 2.45) is 0 Å². The smallest absolute Gasteiger partial charge is 0.265 e. The Labute approximate surface area is 88.5 Å².